The number of halogens is 11. The number of carboxylic acid groups (broad SMARTS) is 1. The first kappa shape index (κ1) is 53.6. The van der Waals surface area contributed by atoms with Gasteiger partial charge in [0.05, 0.1) is 38.2 Å². The van der Waals surface area contributed by atoms with Gasteiger partial charge >= 0.3 is 30.5 Å². The minimum absolute atomic E-state index is 0. The van der Waals surface area contributed by atoms with Crippen molar-refractivity contribution in [3.63, 3.8) is 0 Å². The van der Waals surface area contributed by atoms with Gasteiger partial charge in [-0.2, -0.15) is 44.2 Å². The van der Waals surface area contributed by atoms with Crippen LogP contribution < -0.4 is 35.9 Å². The number of aliphatic imine (C=N–C) groups is 1. The molecule has 64 heavy (non-hydrogen) atoms. The number of anilines is 1. The number of nitrogens with zero attached hydrogens (tertiary/aromatic N) is 5. The van der Waals surface area contributed by atoms with E-state index >= 15 is 0 Å². The summed E-state index contributed by atoms with van der Waals surface area (Å²) in [6.45, 7) is 1.03. The number of nitrogens with one attached hydrogen (secondary N) is 3. The second kappa shape index (κ2) is 23.8. The summed E-state index contributed by atoms with van der Waals surface area (Å²) in [5.41, 5.74) is 7.32. The van der Waals surface area contributed by atoms with E-state index < -0.39 is 41.0 Å². The largest absolute Gasteiger partial charge is 0.497 e. The zero-order valence-corrected chi connectivity index (χ0v) is 34.9. The summed E-state index contributed by atoms with van der Waals surface area (Å²) in [6.07, 6.45) is -14.4. The molecule has 5 aromatic rings. The number of ether oxygens (including phenoxy) is 3. The smallest absolute Gasteiger partial charge is 0.490 e. The van der Waals surface area contributed by atoms with E-state index in [0.29, 0.717) is 34.8 Å². The molecule has 1 atom stereocenters. The monoisotopic (exact) mass is 957 g/mol. The number of alkyl halides is 9. The minimum Gasteiger partial charge on any atom is -0.497 e. The van der Waals surface area contributed by atoms with Crippen molar-refractivity contribution in [2.24, 2.45) is 4.99 Å². The van der Waals surface area contributed by atoms with Gasteiger partial charge in [-0.25, -0.2) is 14.6 Å². The van der Waals surface area contributed by atoms with E-state index in [2.05, 4.69) is 36.5 Å². The lowest BCUT2D eigenvalue weighted by Crippen LogP contribution is -2.48. The second-order valence-corrected chi connectivity index (χ2v) is 12.8. The number of urea groups is 1. The molecule has 26 heteroatoms. The maximum absolute atomic E-state index is 13.2. The number of aliphatic carboxylic acids is 1. The Hall–Kier alpha value is -6.53. The summed E-state index contributed by atoms with van der Waals surface area (Å²) < 4.78 is 123. The fourth-order valence-electron chi connectivity index (χ4n) is 5.10. The van der Waals surface area contributed by atoms with Crippen LogP contribution in [0, 0.1) is 0 Å². The van der Waals surface area contributed by atoms with Crippen molar-refractivity contribution in [3.8, 4) is 22.9 Å². The molecular weight excluding hydrogens is 920 g/mol. The summed E-state index contributed by atoms with van der Waals surface area (Å²) in [5, 5.41) is 24.4. The number of amides is 2. The molecule has 1 saturated heterocycles. The number of hydrogen-bond acceptors (Lipinski definition) is 11. The SMILES string of the molecule is COc1ccc(-n2nnnc2C(F)(F)F)cc1CNCC1(c2ccccc2)CNC(=O)N1.COc1ccc(N)cc1.COc1ccc(N=C(Cl)C(F)(F)F)cc1.Cl.O=C(O)C(F)(F)F. The Morgan fingerprint density at radius 3 is 1.91 bits per heavy atom. The number of nitrogen functional groups attached to an aromatic ring is 1. The van der Waals surface area contributed by atoms with Crippen molar-refractivity contribution in [3.05, 3.63) is 114 Å². The van der Waals surface area contributed by atoms with Crippen LogP contribution in [0.5, 0.6) is 17.2 Å². The van der Waals surface area contributed by atoms with E-state index in [0.717, 1.165) is 17.0 Å². The Balaban J connectivity index is 0.000000362. The predicted octanol–water partition coefficient (Wildman–Crippen LogP) is 7.85. The Labute approximate surface area is 369 Å². The van der Waals surface area contributed by atoms with Gasteiger partial charge in [0.2, 0.25) is 5.17 Å². The molecule has 2 heterocycles. The molecule has 2 amide bonds. The van der Waals surface area contributed by atoms with Crippen LogP contribution in [0.3, 0.4) is 0 Å². The first-order valence-corrected chi connectivity index (χ1v) is 17.9. The van der Waals surface area contributed by atoms with Crippen LogP contribution in [0.2, 0.25) is 0 Å². The highest BCUT2D eigenvalue weighted by atomic mass is 35.5. The van der Waals surface area contributed by atoms with Crippen LogP contribution in [0.25, 0.3) is 5.69 Å². The van der Waals surface area contributed by atoms with Gasteiger partial charge in [-0.3, -0.25) is 0 Å². The number of carboxylic acids is 1. The summed E-state index contributed by atoms with van der Waals surface area (Å²) >= 11 is 4.96. The van der Waals surface area contributed by atoms with Gasteiger partial charge in [0, 0.05) is 30.9 Å². The van der Waals surface area contributed by atoms with Crippen LogP contribution in [-0.2, 0) is 23.1 Å². The molecule has 0 saturated carbocycles. The van der Waals surface area contributed by atoms with E-state index in [1.807, 2.05) is 42.5 Å². The Morgan fingerprint density at radius 1 is 0.875 bits per heavy atom. The van der Waals surface area contributed by atoms with E-state index in [4.69, 9.17) is 41.4 Å². The molecule has 0 bridgehead atoms. The van der Waals surface area contributed by atoms with Crippen LogP contribution >= 0.6 is 24.0 Å². The second-order valence-electron chi connectivity index (χ2n) is 12.4. The number of carbonyl (C=O) groups is 2. The highest BCUT2D eigenvalue weighted by Gasteiger charge is 2.40. The Bertz CT molecular complexity index is 2270. The number of benzene rings is 4. The minimum atomic E-state index is -5.08. The quantitative estimate of drug-likeness (QED) is 0.0519. The lowest BCUT2D eigenvalue weighted by Gasteiger charge is -2.29. The predicted molar refractivity (Wildman–Crippen MR) is 217 cm³/mol. The summed E-state index contributed by atoms with van der Waals surface area (Å²) in [5.74, 6) is -2.11. The topological polar surface area (TPSA) is 200 Å². The molecule has 1 unspecified atom stereocenters. The molecule has 0 aliphatic carbocycles. The molecule has 1 aliphatic heterocycles. The first-order chi connectivity index (χ1) is 29.5. The van der Waals surface area contributed by atoms with Crippen LogP contribution in [-0.4, -0.2) is 89.3 Å². The zero-order valence-electron chi connectivity index (χ0n) is 33.3. The van der Waals surface area contributed by atoms with Crippen molar-refractivity contribution in [1.29, 1.82) is 0 Å². The van der Waals surface area contributed by atoms with Gasteiger partial charge < -0.3 is 41.0 Å². The number of tetrazole rings is 1. The highest BCUT2D eigenvalue weighted by Crippen LogP contribution is 2.31. The summed E-state index contributed by atoms with van der Waals surface area (Å²) in [6, 6.07) is 26.8. The standard InChI is InChI=1S/C20H20F3N7O2.C9H7ClF3NO.C7H9NO.C2HF3O2.ClH/c1-32-16-8-7-15(30-17(20(21,22)23)27-28-29-30)9-13(16)10-24-11-19(12-25-18(31)26-19)14-5-3-2-4-6-14;1-15-7-4-2-6(3-5-7)14-8(10)9(11,12)13;1-9-7-4-2-6(8)3-5-7;3-2(4,5)1(6)7;/h2-9,24H,10-12H2,1H3,(H2,25,26,31);2-5H,1H3;2-5H,8H2,1H3;(H,6,7);1H. The molecule has 0 spiro atoms. The third kappa shape index (κ3) is 16.3. The molecule has 1 aliphatic rings. The van der Waals surface area contributed by atoms with Crippen LogP contribution in [0.15, 0.2) is 102 Å². The third-order valence-corrected chi connectivity index (χ3v) is 8.39. The molecule has 15 nitrogen and oxygen atoms in total. The fraction of sp³-hybridized carbons (Fsp3) is 0.263. The number of nitrogens with two attached hydrogens (primary N) is 1. The van der Waals surface area contributed by atoms with E-state index in [-0.39, 0.29) is 36.4 Å². The number of methoxy groups -OCH3 is 3. The lowest BCUT2D eigenvalue weighted by atomic mass is 9.90. The van der Waals surface area contributed by atoms with E-state index in [1.165, 1.54) is 50.6 Å². The van der Waals surface area contributed by atoms with Crippen LogP contribution in [0.4, 0.5) is 55.7 Å². The average molecular weight is 959 g/mol. The first-order valence-electron chi connectivity index (χ1n) is 17.5. The van der Waals surface area contributed by atoms with Gasteiger partial charge in [-0.15, -0.1) is 17.5 Å². The number of aromatic nitrogens is 4. The molecule has 6 N–H and O–H groups in total. The molecule has 6 rings (SSSR count). The molecular formula is C38H38Cl2F9N9O6. The molecule has 1 aromatic heterocycles. The molecule has 348 valence electrons. The Kier molecular flexibility index (Phi) is 19.9. The van der Waals surface area contributed by atoms with Gasteiger partial charge in [0.25, 0.3) is 5.82 Å². The maximum Gasteiger partial charge on any atom is 0.490 e. The van der Waals surface area contributed by atoms with Crippen molar-refractivity contribution in [2.45, 2.75) is 30.6 Å². The van der Waals surface area contributed by atoms with E-state index in [9.17, 15) is 44.3 Å². The molecule has 4 aromatic carbocycles. The van der Waals surface area contributed by atoms with Gasteiger partial charge in [0.15, 0.2) is 0 Å². The third-order valence-electron chi connectivity index (χ3n) is 8.10. The molecule has 1 fully saturated rings. The number of carbonyl (C=O) groups excluding carboxylic acids is 1. The van der Waals surface area contributed by atoms with Gasteiger partial charge in [-0.05, 0) is 82.7 Å². The van der Waals surface area contributed by atoms with Gasteiger partial charge in [0.1, 0.15) is 17.2 Å². The van der Waals surface area contributed by atoms with Crippen molar-refractivity contribution in [2.75, 3.05) is 40.2 Å². The normalized spacial score (nSPS) is 14.6. The van der Waals surface area contributed by atoms with Crippen molar-refractivity contribution < 1.29 is 68.4 Å². The summed E-state index contributed by atoms with van der Waals surface area (Å²) in [4.78, 5) is 24.0. The average Bonchev–Trinajstić information content (AvgIpc) is 3.90. The maximum atomic E-state index is 13.2. The molecule has 0 radical (unpaired) electrons. The van der Waals surface area contributed by atoms with Crippen molar-refractivity contribution in [1.82, 2.24) is 36.2 Å². The number of rotatable bonds is 10. The summed E-state index contributed by atoms with van der Waals surface area (Å²) in [7, 11) is 4.57. The lowest BCUT2D eigenvalue weighted by molar-refractivity contribution is -0.192. The van der Waals surface area contributed by atoms with Crippen LogP contribution in [0.1, 0.15) is 17.0 Å². The number of hydrogen-bond donors (Lipinski definition) is 5. The Morgan fingerprint density at radius 2 is 1.44 bits per heavy atom. The van der Waals surface area contributed by atoms with Gasteiger partial charge in [-0.1, -0.05) is 41.9 Å². The highest BCUT2D eigenvalue weighted by molar-refractivity contribution is 6.67. The van der Waals surface area contributed by atoms with E-state index in [1.54, 1.807) is 25.3 Å². The fourth-order valence-corrected chi connectivity index (χ4v) is 5.20. The zero-order chi connectivity index (χ0) is 47.0. The van der Waals surface area contributed by atoms with Crippen molar-refractivity contribution >= 4 is 52.6 Å².